The van der Waals surface area contributed by atoms with Crippen LogP contribution in [-0.2, 0) is 0 Å². The summed E-state index contributed by atoms with van der Waals surface area (Å²) in [5.74, 6) is 0.874. The summed E-state index contributed by atoms with van der Waals surface area (Å²) in [6, 6.07) is -0.193. The standard InChI is InChI=1S/C12H14N6O2/c1-9(17-8-10(5-15-17)18(19)20)11-6-14-12(7-13-11)16-3-2-4-16/h5-9H,2-4H2,1H3. The minimum Gasteiger partial charge on any atom is -0.355 e. The lowest BCUT2D eigenvalue weighted by atomic mass is 10.2. The van der Waals surface area contributed by atoms with Gasteiger partial charge in [-0.3, -0.25) is 19.8 Å². The van der Waals surface area contributed by atoms with Crippen LogP contribution in [0.3, 0.4) is 0 Å². The molecule has 1 fully saturated rings. The highest BCUT2D eigenvalue weighted by Crippen LogP contribution is 2.20. The predicted octanol–water partition coefficient (Wildman–Crippen LogP) is 1.40. The highest BCUT2D eigenvalue weighted by atomic mass is 16.6. The molecule has 0 saturated carbocycles. The van der Waals surface area contributed by atoms with E-state index in [9.17, 15) is 10.1 Å². The maximum atomic E-state index is 10.7. The summed E-state index contributed by atoms with van der Waals surface area (Å²) in [7, 11) is 0. The molecule has 0 N–H and O–H groups in total. The van der Waals surface area contributed by atoms with E-state index in [1.807, 2.05) is 6.92 Å². The molecule has 0 amide bonds. The molecule has 2 aromatic rings. The quantitative estimate of drug-likeness (QED) is 0.618. The fraction of sp³-hybridized carbons (Fsp3) is 0.417. The van der Waals surface area contributed by atoms with Crippen molar-refractivity contribution in [2.24, 2.45) is 0 Å². The van der Waals surface area contributed by atoms with E-state index in [1.165, 1.54) is 23.5 Å². The van der Waals surface area contributed by atoms with Crippen LogP contribution in [0.1, 0.15) is 25.1 Å². The number of nitrogens with zero attached hydrogens (tertiary/aromatic N) is 6. The minimum atomic E-state index is -0.463. The number of hydrogen-bond donors (Lipinski definition) is 0. The van der Waals surface area contributed by atoms with Gasteiger partial charge < -0.3 is 4.90 Å². The van der Waals surface area contributed by atoms with E-state index in [2.05, 4.69) is 20.0 Å². The molecule has 0 bridgehead atoms. The van der Waals surface area contributed by atoms with Gasteiger partial charge in [0.1, 0.15) is 18.2 Å². The SMILES string of the molecule is CC(c1cnc(N2CCC2)cn1)n1cc([N+](=O)[O-])cn1. The molecular weight excluding hydrogens is 260 g/mol. The van der Waals surface area contributed by atoms with Crippen LogP contribution in [0.4, 0.5) is 11.5 Å². The number of hydrogen-bond acceptors (Lipinski definition) is 6. The van der Waals surface area contributed by atoms with Crippen LogP contribution in [0.25, 0.3) is 0 Å². The molecule has 8 nitrogen and oxygen atoms in total. The lowest BCUT2D eigenvalue weighted by Crippen LogP contribution is -2.37. The fourth-order valence-electron chi connectivity index (χ4n) is 2.03. The average Bonchev–Trinajstić information content (AvgIpc) is 2.86. The van der Waals surface area contributed by atoms with Gasteiger partial charge in [-0.15, -0.1) is 0 Å². The van der Waals surface area contributed by atoms with Crippen molar-refractivity contribution >= 4 is 11.5 Å². The first-order valence-electron chi connectivity index (χ1n) is 6.40. The van der Waals surface area contributed by atoms with Gasteiger partial charge in [-0.25, -0.2) is 4.98 Å². The smallest absolute Gasteiger partial charge is 0.307 e. The number of anilines is 1. The Hall–Kier alpha value is -2.51. The molecule has 104 valence electrons. The zero-order valence-corrected chi connectivity index (χ0v) is 11.0. The van der Waals surface area contributed by atoms with Crippen molar-refractivity contribution in [1.82, 2.24) is 19.7 Å². The second-order valence-corrected chi connectivity index (χ2v) is 4.75. The highest BCUT2D eigenvalue weighted by Gasteiger charge is 2.18. The lowest BCUT2D eigenvalue weighted by molar-refractivity contribution is -0.385. The van der Waals surface area contributed by atoms with Crippen molar-refractivity contribution in [3.8, 4) is 0 Å². The Balaban J connectivity index is 1.78. The van der Waals surface area contributed by atoms with Crippen LogP contribution in [0.5, 0.6) is 0 Å². The Labute approximate surface area is 115 Å². The molecular formula is C12H14N6O2. The second kappa shape index (κ2) is 4.87. The first-order chi connectivity index (χ1) is 9.65. The first kappa shape index (κ1) is 12.5. The van der Waals surface area contributed by atoms with Gasteiger partial charge in [-0.1, -0.05) is 0 Å². The summed E-state index contributed by atoms with van der Waals surface area (Å²) in [5, 5.41) is 14.6. The molecule has 1 saturated heterocycles. The first-order valence-corrected chi connectivity index (χ1v) is 6.40. The van der Waals surface area contributed by atoms with E-state index < -0.39 is 4.92 Å². The second-order valence-electron chi connectivity index (χ2n) is 4.75. The maximum absolute atomic E-state index is 10.7. The van der Waals surface area contributed by atoms with Crippen LogP contribution in [0.2, 0.25) is 0 Å². The van der Waals surface area contributed by atoms with Gasteiger partial charge in [0.2, 0.25) is 0 Å². The Morgan fingerprint density at radius 1 is 1.30 bits per heavy atom. The van der Waals surface area contributed by atoms with Crippen molar-refractivity contribution in [2.75, 3.05) is 18.0 Å². The largest absolute Gasteiger partial charge is 0.355 e. The van der Waals surface area contributed by atoms with Crippen LogP contribution in [0.15, 0.2) is 24.8 Å². The molecule has 20 heavy (non-hydrogen) atoms. The zero-order chi connectivity index (χ0) is 14.1. The van der Waals surface area contributed by atoms with E-state index in [0.717, 1.165) is 24.6 Å². The van der Waals surface area contributed by atoms with Crippen molar-refractivity contribution in [3.05, 3.63) is 40.6 Å². The van der Waals surface area contributed by atoms with E-state index in [1.54, 1.807) is 12.4 Å². The van der Waals surface area contributed by atoms with Crippen molar-refractivity contribution in [2.45, 2.75) is 19.4 Å². The molecule has 3 heterocycles. The third kappa shape index (κ3) is 2.20. The molecule has 0 aliphatic carbocycles. The fourth-order valence-corrected chi connectivity index (χ4v) is 2.03. The van der Waals surface area contributed by atoms with Crippen LogP contribution >= 0.6 is 0 Å². The molecule has 0 radical (unpaired) electrons. The minimum absolute atomic E-state index is 0.0259. The van der Waals surface area contributed by atoms with Crippen LogP contribution < -0.4 is 4.90 Å². The Kier molecular flexibility index (Phi) is 3.05. The van der Waals surface area contributed by atoms with Crippen molar-refractivity contribution in [3.63, 3.8) is 0 Å². The topological polar surface area (TPSA) is 90.0 Å². The molecule has 0 spiro atoms. The lowest BCUT2D eigenvalue weighted by Gasteiger charge is -2.31. The molecule has 3 rings (SSSR count). The zero-order valence-electron chi connectivity index (χ0n) is 11.0. The van der Waals surface area contributed by atoms with Crippen molar-refractivity contribution < 1.29 is 4.92 Å². The summed E-state index contributed by atoms with van der Waals surface area (Å²) in [6.07, 6.45) is 7.26. The summed E-state index contributed by atoms with van der Waals surface area (Å²) in [6.45, 7) is 3.92. The summed E-state index contributed by atoms with van der Waals surface area (Å²) in [4.78, 5) is 21.1. The summed E-state index contributed by atoms with van der Waals surface area (Å²) in [5.41, 5.74) is 0.703. The van der Waals surface area contributed by atoms with E-state index >= 15 is 0 Å². The Morgan fingerprint density at radius 3 is 2.60 bits per heavy atom. The summed E-state index contributed by atoms with van der Waals surface area (Å²) >= 11 is 0. The van der Waals surface area contributed by atoms with Gasteiger partial charge in [0.25, 0.3) is 0 Å². The monoisotopic (exact) mass is 274 g/mol. The summed E-state index contributed by atoms with van der Waals surface area (Å²) < 4.78 is 1.52. The highest BCUT2D eigenvalue weighted by molar-refractivity contribution is 5.38. The van der Waals surface area contributed by atoms with Gasteiger partial charge >= 0.3 is 5.69 Å². The molecule has 0 aromatic carbocycles. The van der Waals surface area contributed by atoms with Crippen molar-refractivity contribution in [1.29, 1.82) is 0 Å². The van der Waals surface area contributed by atoms with Gasteiger partial charge in [-0.2, -0.15) is 5.10 Å². The molecule has 2 aromatic heterocycles. The molecule has 1 aliphatic rings. The van der Waals surface area contributed by atoms with Crippen LogP contribution in [0, 0.1) is 10.1 Å². The average molecular weight is 274 g/mol. The third-order valence-corrected chi connectivity index (χ3v) is 3.46. The van der Waals surface area contributed by atoms with Gasteiger partial charge in [0.15, 0.2) is 0 Å². The van der Waals surface area contributed by atoms with Crippen LogP contribution in [-0.4, -0.2) is 37.8 Å². The molecule has 1 atom stereocenters. The van der Waals surface area contributed by atoms with E-state index in [4.69, 9.17) is 0 Å². The molecule has 8 heteroatoms. The predicted molar refractivity (Wildman–Crippen MR) is 71.6 cm³/mol. The van der Waals surface area contributed by atoms with Gasteiger partial charge in [-0.05, 0) is 13.3 Å². The number of aromatic nitrogens is 4. The third-order valence-electron chi connectivity index (χ3n) is 3.46. The normalized spacial score (nSPS) is 15.8. The number of rotatable bonds is 4. The Bertz CT molecular complexity index is 619. The molecule has 1 aliphatic heterocycles. The van der Waals surface area contributed by atoms with Gasteiger partial charge in [0.05, 0.1) is 29.1 Å². The molecule has 1 unspecified atom stereocenters. The van der Waals surface area contributed by atoms with E-state index in [0.29, 0.717) is 0 Å². The van der Waals surface area contributed by atoms with E-state index in [-0.39, 0.29) is 11.7 Å². The Morgan fingerprint density at radius 2 is 2.10 bits per heavy atom. The maximum Gasteiger partial charge on any atom is 0.307 e. The van der Waals surface area contributed by atoms with Gasteiger partial charge in [0, 0.05) is 13.1 Å². The number of nitro groups is 1.